The summed E-state index contributed by atoms with van der Waals surface area (Å²) in [6, 6.07) is 24.4. The molecule has 0 spiro atoms. The Morgan fingerprint density at radius 3 is 2.24 bits per heavy atom. The van der Waals surface area contributed by atoms with Crippen LogP contribution in [-0.2, 0) is 0 Å². The molecule has 3 aromatic rings. The van der Waals surface area contributed by atoms with Crippen molar-refractivity contribution >= 4 is 5.57 Å². The van der Waals surface area contributed by atoms with Crippen LogP contribution < -0.4 is 4.74 Å². The average molecular weight is 383 g/mol. The molecule has 0 amide bonds. The molecule has 0 heterocycles. The number of benzene rings is 3. The second kappa shape index (κ2) is 8.29. The molecule has 0 aliphatic heterocycles. The van der Waals surface area contributed by atoms with Crippen molar-refractivity contribution in [2.24, 2.45) is 0 Å². The van der Waals surface area contributed by atoms with E-state index in [4.69, 9.17) is 4.74 Å². The SMILES string of the molecule is COc1ccc(C2=C[C@@H](c3ccc(C)c(C)c3)CC(c3ccccc3C)C2)cc1. The molecule has 1 aliphatic rings. The van der Waals surface area contributed by atoms with E-state index in [1.807, 2.05) is 0 Å². The van der Waals surface area contributed by atoms with Gasteiger partial charge in [0, 0.05) is 5.92 Å². The number of hydrogen-bond acceptors (Lipinski definition) is 1. The molecule has 0 radical (unpaired) electrons. The number of methoxy groups -OCH3 is 1. The van der Waals surface area contributed by atoms with Crippen LogP contribution in [0.2, 0.25) is 0 Å². The molecular weight excluding hydrogens is 352 g/mol. The summed E-state index contributed by atoms with van der Waals surface area (Å²) in [5.41, 5.74) is 9.79. The van der Waals surface area contributed by atoms with E-state index in [0.29, 0.717) is 11.8 Å². The summed E-state index contributed by atoms with van der Waals surface area (Å²) in [5.74, 6) is 1.88. The Bertz CT molecular complexity index is 1030. The molecule has 0 aromatic heterocycles. The lowest BCUT2D eigenvalue weighted by molar-refractivity contribution is 0.415. The summed E-state index contributed by atoms with van der Waals surface area (Å²) in [6.07, 6.45) is 4.74. The summed E-state index contributed by atoms with van der Waals surface area (Å²) < 4.78 is 5.36. The van der Waals surface area contributed by atoms with Crippen molar-refractivity contribution in [1.29, 1.82) is 0 Å². The van der Waals surface area contributed by atoms with Gasteiger partial charge < -0.3 is 4.74 Å². The number of hydrogen-bond donors (Lipinski definition) is 0. The van der Waals surface area contributed by atoms with E-state index in [1.165, 1.54) is 39.0 Å². The van der Waals surface area contributed by atoms with Crippen LogP contribution in [-0.4, -0.2) is 7.11 Å². The van der Waals surface area contributed by atoms with E-state index in [0.717, 1.165) is 18.6 Å². The Morgan fingerprint density at radius 2 is 1.55 bits per heavy atom. The van der Waals surface area contributed by atoms with Gasteiger partial charge in [-0.25, -0.2) is 0 Å². The molecule has 148 valence electrons. The largest absolute Gasteiger partial charge is 0.497 e. The van der Waals surface area contributed by atoms with Gasteiger partial charge in [0.2, 0.25) is 0 Å². The molecule has 4 rings (SSSR count). The van der Waals surface area contributed by atoms with Crippen LogP contribution in [0.25, 0.3) is 5.57 Å². The van der Waals surface area contributed by atoms with Crippen molar-refractivity contribution in [3.63, 3.8) is 0 Å². The lowest BCUT2D eigenvalue weighted by atomic mass is 9.73. The minimum Gasteiger partial charge on any atom is -0.497 e. The lowest BCUT2D eigenvalue weighted by Gasteiger charge is -2.31. The summed E-state index contributed by atoms with van der Waals surface area (Å²) >= 11 is 0. The van der Waals surface area contributed by atoms with Gasteiger partial charge in [0.1, 0.15) is 5.75 Å². The van der Waals surface area contributed by atoms with Crippen molar-refractivity contribution in [2.45, 2.75) is 45.4 Å². The van der Waals surface area contributed by atoms with Gasteiger partial charge in [0.05, 0.1) is 7.11 Å². The third kappa shape index (κ3) is 4.15. The van der Waals surface area contributed by atoms with Gasteiger partial charge in [-0.15, -0.1) is 0 Å². The standard InChI is InChI=1S/C28H30O/c1-19-9-10-23(15-21(19)3)25-16-24(22-11-13-27(29-4)14-12-22)17-26(18-25)28-8-6-5-7-20(28)2/h5-16,25-26H,17-18H2,1-4H3/t25-,26?/m1/s1. The Hall–Kier alpha value is -2.80. The average Bonchev–Trinajstić information content (AvgIpc) is 2.75. The first kappa shape index (κ1) is 19.5. The zero-order valence-electron chi connectivity index (χ0n) is 17.9. The zero-order chi connectivity index (χ0) is 20.4. The maximum Gasteiger partial charge on any atom is 0.118 e. The predicted molar refractivity (Wildman–Crippen MR) is 123 cm³/mol. The highest BCUT2D eigenvalue weighted by Gasteiger charge is 2.26. The molecule has 1 aliphatic carbocycles. The third-order valence-electron chi connectivity index (χ3n) is 6.46. The smallest absolute Gasteiger partial charge is 0.118 e. The van der Waals surface area contributed by atoms with Crippen molar-refractivity contribution in [3.05, 3.63) is 106 Å². The topological polar surface area (TPSA) is 9.23 Å². The van der Waals surface area contributed by atoms with Crippen LogP contribution in [0.5, 0.6) is 5.75 Å². The molecule has 0 N–H and O–H groups in total. The number of rotatable bonds is 4. The molecule has 0 fully saturated rings. The van der Waals surface area contributed by atoms with Gasteiger partial charge in [-0.2, -0.15) is 0 Å². The van der Waals surface area contributed by atoms with Crippen LogP contribution in [0.3, 0.4) is 0 Å². The van der Waals surface area contributed by atoms with Gasteiger partial charge in [0.15, 0.2) is 0 Å². The molecule has 1 nitrogen and oxygen atoms in total. The van der Waals surface area contributed by atoms with E-state index >= 15 is 0 Å². The second-order valence-corrected chi connectivity index (χ2v) is 8.36. The molecule has 0 saturated carbocycles. The molecule has 0 bridgehead atoms. The fourth-order valence-corrected chi connectivity index (χ4v) is 4.56. The summed E-state index contributed by atoms with van der Waals surface area (Å²) in [6.45, 7) is 6.65. The molecule has 2 atom stereocenters. The van der Waals surface area contributed by atoms with Crippen LogP contribution >= 0.6 is 0 Å². The molecular formula is C28H30O. The van der Waals surface area contributed by atoms with Gasteiger partial charge in [-0.05, 0) is 90.6 Å². The van der Waals surface area contributed by atoms with Crippen LogP contribution in [0.1, 0.15) is 58.1 Å². The molecule has 1 heteroatoms. The molecule has 1 unspecified atom stereocenters. The zero-order valence-corrected chi connectivity index (χ0v) is 17.9. The highest BCUT2D eigenvalue weighted by atomic mass is 16.5. The van der Waals surface area contributed by atoms with Gasteiger partial charge in [0.25, 0.3) is 0 Å². The summed E-state index contributed by atoms with van der Waals surface area (Å²) in [7, 11) is 1.72. The quantitative estimate of drug-likeness (QED) is 0.458. The summed E-state index contributed by atoms with van der Waals surface area (Å²) in [4.78, 5) is 0. The number of allylic oxidation sites excluding steroid dienone is 2. The monoisotopic (exact) mass is 382 g/mol. The maximum absolute atomic E-state index is 5.36. The van der Waals surface area contributed by atoms with Crippen molar-refractivity contribution in [2.75, 3.05) is 7.11 Å². The van der Waals surface area contributed by atoms with E-state index in [-0.39, 0.29) is 0 Å². The second-order valence-electron chi connectivity index (χ2n) is 8.36. The third-order valence-corrected chi connectivity index (χ3v) is 6.46. The highest BCUT2D eigenvalue weighted by Crippen LogP contribution is 2.44. The van der Waals surface area contributed by atoms with E-state index in [1.54, 1.807) is 7.11 Å². The van der Waals surface area contributed by atoms with E-state index in [2.05, 4.69) is 93.6 Å². The highest BCUT2D eigenvalue weighted by molar-refractivity contribution is 5.69. The predicted octanol–water partition coefficient (Wildman–Crippen LogP) is 7.37. The van der Waals surface area contributed by atoms with Crippen molar-refractivity contribution in [3.8, 4) is 5.75 Å². The van der Waals surface area contributed by atoms with Crippen LogP contribution in [0.4, 0.5) is 0 Å². The fraction of sp³-hybridized carbons (Fsp3) is 0.286. The van der Waals surface area contributed by atoms with E-state index in [9.17, 15) is 0 Å². The molecule has 3 aromatic carbocycles. The Balaban J connectivity index is 1.75. The first-order chi connectivity index (χ1) is 14.0. The summed E-state index contributed by atoms with van der Waals surface area (Å²) in [5, 5.41) is 0. The van der Waals surface area contributed by atoms with Crippen molar-refractivity contribution in [1.82, 2.24) is 0 Å². The van der Waals surface area contributed by atoms with E-state index < -0.39 is 0 Å². The Morgan fingerprint density at radius 1 is 0.793 bits per heavy atom. The molecule has 0 saturated heterocycles. The van der Waals surface area contributed by atoms with Crippen molar-refractivity contribution < 1.29 is 4.74 Å². The fourth-order valence-electron chi connectivity index (χ4n) is 4.56. The normalized spacial score (nSPS) is 19.0. The van der Waals surface area contributed by atoms with Crippen LogP contribution in [0, 0.1) is 20.8 Å². The Labute approximate surface area is 175 Å². The first-order valence-electron chi connectivity index (χ1n) is 10.5. The number of ether oxygens (including phenoxy) is 1. The lowest BCUT2D eigenvalue weighted by Crippen LogP contribution is -2.13. The van der Waals surface area contributed by atoms with Gasteiger partial charge in [-0.3, -0.25) is 0 Å². The Kier molecular flexibility index (Phi) is 5.58. The van der Waals surface area contributed by atoms with Gasteiger partial charge in [-0.1, -0.05) is 60.7 Å². The molecule has 29 heavy (non-hydrogen) atoms. The van der Waals surface area contributed by atoms with Gasteiger partial charge >= 0.3 is 0 Å². The van der Waals surface area contributed by atoms with Crippen LogP contribution in [0.15, 0.2) is 72.8 Å². The number of aryl methyl sites for hydroxylation is 3. The minimum absolute atomic E-state index is 0.435. The maximum atomic E-state index is 5.36. The minimum atomic E-state index is 0.435. The first-order valence-corrected chi connectivity index (χ1v) is 10.5.